The van der Waals surface area contributed by atoms with Crippen molar-refractivity contribution in [2.45, 2.75) is 19.0 Å². The standard InChI is InChI=1S/C9H10BrF3S/c10-6-7(5-9(11,12)13)4-8-2-1-3-14-8/h1-3,7H,4-6H2/t7-/m1/s1. The van der Waals surface area contributed by atoms with E-state index in [9.17, 15) is 13.2 Å². The van der Waals surface area contributed by atoms with Gasteiger partial charge >= 0.3 is 6.18 Å². The van der Waals surface area contributed by atoms with Crippen molar-refractivity contribution in [2.24, 2.45) is 5.92 Å². The topological polar surface area (TPSA) is 0 Å². The molecule has 0 nitrogen and oxygen atoms in total. The van der Waals surface area contributed by atoms with Gasteiger partial charge in [0.05, 0.1) is 0 Å². The summed E-state index contributed by atoms with van der Waals surface area (Å²) >= 11 is 4.62. The Labute approximate surface area is 93.3 Å². The second kappa shape index (κ2) is 5.16. The first-order valence-electron chi connectivity index (χ1n) is 4.16. The first kappa shape index (κ1) is 12.0. The maximum Gasteiger partial charge on any atom is 0.389 e. The van der Waals surface area contributed by atoms with Crippen LogP contribution in [0.25, 0.3) is 0 Å². The lowest BCUT2D eigenvalue weighted by Gasteiger charge is -2.14. The Bertz CT molecular complexity index is 256. The minimum Gasteiger partial charge on any atom is -0.171 e. The van der Waals surface area contributed by atoms with Gasteiger partial charge in [0.1, 0.15) is 0 Å². The van der Waals surface area contributed by atoms with E-state index in [1.54, 1.807) is 0 Å². The molecule has 0 aliphatic carbocycles. The fourth-order valence-corrected chi connectivity index (χ4v) is 2.50. The third-order valence-corrected chi connectivity index (χ3v) is 3.62. The Kier molecular flexibility index (Phi) is 4.44. The lowest BCUT2D eigenvalue weighted by molar-refractivity contribution is -0.142. The number of hydrogen-bond acceptors (Lipinski definition) is 1. The van der Waals surface area contributed by atoms with E-state index in [2.05, 4.69) is 15.9 Å². The van der Waals surface area contributed by atoms with Crippen LogP contribution < -0.4 is 0 Å². The van der Waals surface area contributed by atoms with Crippen LogP contribution >= 0.6 is 27.3 Å². The van der Waals surface area contributed by atoms with Crippen LogP contribution in [0.2, 0.25) is 0 Å². The Morgan fingerprint density at radius 1 is 1.43 bits per heavy atom. The average Bonchev–Trinajstić information content (AvgIpc) is 2.53. The normalized spacial score (nSPS) is 14.3. The molecular formula is C9H10BrF3S. The average molecular weight is 287 g/mol. The number of hydrogen-bond donors (Lipinski definition) is 0. The molecule has 0 amide bonds. The van der Waals surface area contributed by atoms with Gasteiger partial charge in [-0.3, -0.25) is 0 Å². The van der Waals surface area contributed by atoms with Crippen molar-refractivity contribution in [2.75, 3.05) is 5.33 Å². The molecule has 0 saturated heterocycles. The van der Waals surface area contributed by atoms with E-state index in [4.69, 9.17) is 0 Å². The summed E-state index contributed by atoms with van der Waals surface area (Å²) in [7, 11) is 0. The van der Waals surface area contributed by atoms with Crippen LogP contribution in [-0.2, 0) is 6.42 Å². The van der Waals surface area contributed by atoms with Crippen molar-refractivity contribution in [3.05, 3.63) is 22.4 Å². The third kappa shape index (κ3) is 4.46. The molecule has 14 heavy (non-hydrogen) atoms. The van der Waals surface area contributed by atoms with Crippen LogP contribution in [-0.4, -0.2) is 11.5 Å². The van der Waals surface area contributed by atoms with Gasteiger partial charge in [-0.15, -0.1) is 11.3 Å². The smallest absolute Gasteiger partial charge is 0.171 e. The van der Waals surface area contributed by atoms with Crippen LogP contribution in [0.3, 0.4) is 0 Å². The van der Waals surface area contributed by atoms with Crippen molar-refractivity contribution in [1.82, 2.24) is 0 Å². The zero-order valence-electron chi connectivity index (χ0n) is 7.35. The zero-order chi connectivity index (χ0) is 10.6. The van der Waals surface area contributed by atoms with Gasteiger partial charge in [0.15, 0.2) is 0 Å². The van der Waals surface area contributed by atoms with Crippen LogP contribution in [0.5, 0.6) is 0 Å². The van der Waals surface area contributed by atoms with E-state index in [1.807, 2.05) is 17.5 Å². The Balaban J connectivity index is 2.47. The molecule has 1 heterocycles. The van der Waals surface area contributed by atoms with Gasteiger partial charge in [0, 0.05) is 16.6 Å². The van der Waals surface area contributed by atoms with Gasteiger partial charge in [0.25, 0.3) is 0 Å². The van der Waals surface area contributed by atoms with Crippen LogP contribution in [0.4, 0.5) is 13.2 Å². The highest BCUT2D eigenvalue weighted by atomic mass is 79.9. The highest BCUT2D eigenvalue weighted by Crippen LogP contribution is 2.28. The van der Waals surface area contributed by atoms with Crippen LogP contribution in [0, 0.1) is 5.92 Å². The van der Waals surface area contributed by atoms with Gasteiger partial charge in [-0.2, -0.15) is 13.2 Å². The Hall–Kier alpha value is -0.0300. The fourth-order valence-electron chi connectivity index (χ4n) is 1.22. The minimum absolute atomic E-state index is 0.353. The molecule has 1 atom stereocenters. The maximum absolute atomic E-state index is 12.1. The van der Waals surface area contributed by atoms with Gasteiger partial charge in [0.2, 0.25) is 0 Å². The van der Waals surface area contributed by atoms with Crippen molar-refractivity contribution in [3.63, 3.8) is 0 Å². The molecule has 0 unspecified atom stereocenters. The Morgan fingerprint density at radius 2 is 2.14 bits per heavy atom. The summed E-state index contributed by atoms with van der Waals surface area (Å²) in [6.45, 7) is 0. The monoisotopic (exact) mass is 286 g/mol. The molecule has 0 aliphatic heterocycles. The molecule has 0 saturated carbocycles. The number of halogens is 4. The van der Waals surface area contributed by atoms with E-state index in [0.717, 1.165) is 4.88 Å². The largest absolute Gasteiger partial charge is 0.389 e. The molecule has 1 aromatic rings. The Morgan fingerprint density at radius 3 is 2.57 bits per heavy atom. The molecule has 1 rings (SSSR count). The summed E-state index contributed by atoms with van der Waals surface area (Å²) in [5.41, 5.74) is 0. The summed E-state index contributed by atoms with van der Waals surface area (Å²) in [5, 5.41) is 2.28. The van der Waals surface area contributed by atoms with E-state index >= 15 is 0 Å². The van der Waals surface area contributed by atoms with E-state index in [-0.39, 0.29) is 5.92 Å². The molecule has 0 aliphatic rings. The highest BCUT2D eigenvalue weighted by Gasteiger charge is 2.31. The summed E-state index contributed by atoms with van der Waals surface area (Å²) in [5.74, 6) is -0.353. The van der Waals surface area contributed by atoms with Gasteiger partial charge in [-0.05, 0) is 23.8 Å². The minimum atomic E-state index is -4.06. The van der Waals surface area contributed by atoms with Crippen LogP contribution in [0.1, 0.15) is 11.3 Å². The molecule has 0 N–H and O–H groups in total. The quantitative estimate of drug-likeness (QED) is 0.726. The van der Waals surface area contributed by atoms with Crippen molar-refractivity contribution in [3.8, 4) is 0 Å². The molecule has 0 aromatic carbocycles. The van der Waals surface area contributed by atoms with E-state index < -0.39 is 12.6 Å². The lowest BCUT2D eigenvalue weighted by Crippen LogP contribution is -2.17. The molecule has 80 valence electrons. The van der Waals surface area contributed by atoms with Gasteiger partial charge < -0.3 is 0 Å². The molecular weight excluding hydrogens is 277 g/mol. The highest BCUT2D eigenvalue weighted by molar-refractivity contribution is 9.09. The predicted octanol–water partition coefficient (Wildman–Crippen LogP) is 4.25. The van der Waals surface area contributed by atoms with Crippen molar-refractivity contribution < 1.29 is 13.2 Å². The first-order valence-corrected chi connectivity index (χ1v) is 6.16. The fraction of sp³-hybridized carbons (Fsp3) is 0.556. The maximum atomic E-state index is 12.1. The number of rotatable bonds is 4. The number of alkyl halides is 4. The van der Waals surface area contributed by atoms with Gasteiger partial charge in [-0.1, -0.05) is 22.0 Å². The van der Waals surface area contributed by atoms with Crippen molar-refractivity contribution >= 4 is 27.3 Å². The zero-order valence-corrected chi connectivity index (χ0v) is 9.75. The summed E-state index contributed by atoms with van der Waals surface area (Å²) in [6.07, 6.45) is -4.27. The molecule has 0 fully saturated rings. The second-order valence-electron chi connectivity index (χ2n) is 3.12. The second-order valence-corrected chi connectivity index (χ2v) is 4.80. The molecule has 1 aromatic heterocycles. The summed E-state index contributed by atoms with van der Waals surface area (Å²) in [4.78, 5) is 1.01. The molecule has 0 radical (unpaired) electrons. The van der Waals surface area contributed by atoms with Gasteiger partial charge in [-0.25, -0.2) is 0 Å². The molecule has 0 spiro atoms. The van der Waals surface area contributed by atoms with E-state index in [1.165, 1.54) is 11.3 Å². The first-order chi connectivity index (χ1) is 6.51. The van der Waals surface area contributed by atoms with Crippen molar-refractivity contribution in [1.29, 1.82) is 0 Å². The summed E-state index contributed by atoms with van der Waals surface area (Å²) < 4.78 is 36.3. The third-order valence-electron chi connectivity index (χ3n) is 1.81. The summed E-state index contributed by atoms with van der Waals surface area (Å²) in [6, 6.07) is 3.73. The number of thiophene rings is 1. The predicted molar refractivity (Wildman–Crippen MR) is 56.0 cm³/mol. The lowest BCUT2D eigenvalue weighted by atomic mass is 10.0. The van der Waals surface area contributed by atoms with Crippen LogP contribution in [0.15, 0.2) is 17.5 Å². The molecule has 0 bridgehead atoms. The SMILES string of the molecule is FC(F)(F)C[C@H](CBr)Cc1cccs1. The molecule has 5 heteroatoms. The van der Waals surface area contributed by atoms with E-state index in [0.29, 0.717) is 11.8 Å².